The van der Waals surface area contributed by atoms with Crippen molar-refractivity contribution in [2.75, 3.05) is 36.5 Å². The van der Waals surface area contributed by atoms with Gasteiger partial charge in [-0.1, -0.05) is 18.2 Å². The second kappa shape index (κ2) is 6.36. The molecule has 0 spiro atoms. The van der Waals surface area contributed by atoms with Gasteiger partial charge >= 0.3 is 0 Å². The van der Waals surface area contributed by atoms with Gasteiger partial charge in [0.15, 0.2) is 5.82 Å². The summed E-state index contributed by atoms with van der Waals surface area (Å²) in [4.78, 5) is 23.7. The molecule has 1 fully saturated rings. The number of fused-ring (bicyclic) bond motifs is 3. The molecule has 2 aromatic rings. The molecule has 1 aromatic heterocycles. The van der Waals surface area contributed by atoms with Crippen molar-refractivity contribution < 1.29 is 9.18 Å². The summed E-state index contributed by atoms with van der Waals surface area (Å²) in [5.41, 5.74) is 1.92. The standard InChI is InChI=1S/C20H23FN4O/c1-13(2)24-8-9-25-18(12-24)20(26)23(3)17-10-14(11-22-19(17)25)15-6-4-5-7-16(15)21/h4-7,10-11,13,18H,8-9,12H2,1-3H3/t18-/m0/s1. The van der Waals surface area contributed by atoms with Crippen LogP contribution in [0.2, 0.25) is 0 Å². The Morgan fingerprint density at radius 1 is 1.23 bits per heavy atom. The minimum atomic E-state index is -0.289. The second-order valence-corrected chi connectivity index (χ2v) is 7.24. The van der Waals surface area contributed by atoms with Crippen LogP contribution >= 0.6 is 0 Å². The highest BCUT2D eigenvalue weighted by atomic mass is 19.1. The molecule has 0 N–H and O–H groups in total. The number of piperazine rings is 1. The van der Waals surface area contributed by atoms with Gasteiger partial charge in [0, 0.05) is 50.0 Å². The number of halogens is 1. The average Bonchev–Trinajstić information content (AvgIpc) is 2.65. The maximum absolute atomic E-state index is 14.1. The number of amides is 1. The Kier molecular flexibility index (Phi) is 4.15. The number of carbonyl (C=O) groups excluding carboxylic acids is 1. The van der Waals surface area contributed by atoms with Crippen LogP contribution in [0.25, 0.3) is 11.1 Å². The molecule has 1 saturated heterocycles. The fourth-order valence-corrected chi connectivity index (χ4v) is 3.84. The summed E-state index contributed by atoms with van der Waals surface area (Å²) in [5, 5.41) is 0. The van der Waals surface area contributed by atoms with E-state index < -0.39 is 0 Å². The number of aromatic nitrogens is 1. The van der Waals surface area contributed by atoms with Crippen molar-refractivity contribution in [3.63, 3.8) is 0 Å². The van der Waals surface area contributed by atoms with Gasteiger partial charge in [0.1, 0.15) is 11.9 Å². The van der Waals surface area contributed by atoms with Crippen LogP contribution in [0.4, 0.5) is 15.9 Å². The molecule has 0 saturated carbocycles. The quantitative estimate of drug-likeness (QED) is 0.831. The molecule has 4 rings (SSSR count). The van der Waals surface area contributed by atoms with E-state index in [-0.39, 0.29) is 17.8 Å². The van der Waals surface area contributed by atoms with E-state index in [2.05, 4.69) is 28.6 Å². The van der Waals surface area contributed by atoms with Gasteiger partial charge < -0.3 is 9.80 Å². The predicted octanol–water partition coefficient (Wildman–Crippen LogP) is 2.76. The predicted molar refractivity (Wildman–Crippen MR) is 101 cm³/mol. The highest BCUT2D eigenvalue weighted by molar-refractivity contribution is 6.05. The van der Waals surface area contributed by atoms with E-state index in [1.54, 1.807) is 36.3 Å². The lowest BCUT2D eigenvalue weighted by Gasteiger charge is -2.47. The fraction of sp³-hybridized carbons (Fsp3) is 0.400. The molecule has 2 aliphatic heterocycles. The minimum Gasteiger partial charge on any atom is -0.340 e. The monoisotopic (exact) mass is 354 g/mol. The molecule has 1 amide bonds. The van der Waals surface area contributed by atoms with Gasteiger partial charge in [0.05, 0.1) is 5.69 Å². The van der Waals surface area contributed by atoms with Crippen LogP contribution in [0.15, 0.2) is 36.5 Å². The van der Waals surface area contributed by atoms with Gasteiger partial charge in [-0.15, -0.1) is 0 Å². The minimum absolute atomic E-state index is 0.0651. The number of likely N-dealkylation sites (N-methyl/N-ethyl adjacent to an activating group) is 1. The van der Waals surface area contributed by atoms with Crippen molar-refractivity contribution in [2.45, 2.75) is 25.9 Å². The number of nitrogens with zero attached hydrogens (tertiary/aromatic N) is 4. The average molecular weight is 354 g/mol. The molecular weight excluding hydrogens is 331 g/mol. The van der Waals surface area contributed by atoms with E-state index in [4.69, 9.17) is 0 Å². The number of benzene rings is 1. The zero-order valence-corrected chi connectivity index (χ0v) is 15.3. The van der Waals surface area contributed by atoms with Gasteiger partial charge in [-0.2, -0.15) is 0 Å². The van der Waals surface area contributed by atoms with Gasteiger partial charge in [-0.25, -0.2) is 9.37 Å². The van der Waals surface area contributed by atoms with Crippen molar-refractivity contribution in [1.82, 2.24) is 9.88 Å². The normalized spacial score (nSPS) is 20.3. The summed E-state index contributed by atoms with van der Waals surface area (Å²) in [6.07, 6.45) is 1.70. The van der Waals surface area contributed by atoms with Gasteiger partial charge in [0.2, 0.25) is 0 Å². The number of anilines is 2. The van der Waals surface area contributed by atoms with Crippen LogP contribution in [0.1, 0.15) is 13.8 Å². The lowest BCUT2D eigenvalue weighted by Crippen LogP contribution is -2.63. The highest BCUT2D eigenvalue weighted by Gasteiger charge is 2.41. The van der Waals surface area contributed by atoms with E-state index in [9.17, 15) is 9.18 Å². The number of hydrogen-bond donors (Lipinski definition) is 0. The summed E-state index contributed by atoms with van der Waals surface area (Å²) in [7, 11) is 1.78. The molecule has 0 bridgehead atoms. The van der Waals surface area contributed by atoms with E-state index in [1.807, 2.05) is 6.07 Å². The van der Waals surface area contributed by atoms with Crippen molar-refractivity contribution in [1.29, 1.82) is 0 Å². The molecule has 0 radical (unpaired) electrons. The number of pyridine rings is 1. The van der Waals surface area contributed by atoms with Crippen molar-refractivity contribution in [2.24, 2.45) is 0 Å². The topological polar surface area (TPSA) is 39.7 Å². The van der Waals surface area contributed by atoms with Crippen LogP contribution in [0.5, 0.6) is 0 Å². The summed E-state index contributed by atoms with van der Waals surface area (Å²) in [6, 6.07) is 8.69. The Bertz CT molecular complexity index is 853. The Labute approximate surface area is 153 Å². The lowest BCUT2D eigenvalue weighted by molar-refractivity contribution is -0.121. The zero-order valence-electron chi connectivity index (χ0n) is 15.3. The van der Waals surface area contributed by atoms with E-state index in [1.165, 1.54) is 6.07 Å². The molecule has 0 unspecified atom stereocenters. The van der Waals surface area contributed by atoms with Crippen molar-refractivity contribution in [3.8, 4) is 11.1 Å². The van der Waals surface area contributed by atoms with Crippen LogP contribution in [-0.2, 0) is 4.79 Å². The van der Waals surface area contributed by atoms with E-state index in [0.717, 1.165) is 24.6 Å². The molecule has 1 atom stereocenters. The number of rotatable bonds is 2. The maximum atomic E-state index is 14.1. The molecule has 0 aliphatic carbocycles. The first-order chi connectivity index (χ1) is 12.5. The Morgan fingerprint density at radius 3 is 2.73 bits per heavy atom. The smallest absolute Gasteiger partial charge is 0.250 e. The second-order valence-electron chi connectivity index (χ2n) is 7.24. The Morgan fingerprint density at radius 2 is 2.00 bits per heavy atom. The summed E-state index contributed by atoms with van der Waals surface area (Å²) < 4.78 is 14.1. The van der Waals surface area contributed by atoms with Gasteiger partial charge in [-0.05, 0) is 26.0 Å². The molecule has 136 valence electrons. The molecule has 5 nitrogen and oxygen atoms in total. The molecule has 2 aliphatic rings. The Balaban J connectivity index is 1.74. The SMILES string of the molecule is CC(C)N1CCN2c3ncc(-c4ccccc4F)cc3N(C)C(=O)[C@@H]2C1. The molecule has 6 heteroatoms. The van der Waals surface area contributed by atoms with E-state index in [0.29, 0.717) is 23.7 Å². The first-order valence-corrected chi connectivity index (χ1v) is 9.00. The molecule has 1 aromatic carbocycles. The summed E-state index contributed by atoms with van der Waals surface area (Å²) >= 11 is 0. The first kappa shape index (κ1) is 17.0. The maximum Gasteiger partial charge on any atom is 0.250 e. The molecule has 3 heterocycles. The van der Waals surface area contributed by atoms with Crippen molar-refractivity contribution in [3.05, 3.63) is 42.3 Å². The number of carbonyl (C=O) groups is 1. The van der Waals surface area contributed by atoms with E-state index >= 15 is 0 Å². The molecular formula is C20H23FN4O. The number of hydrogen-bond acceptors (Lipinski definition) is 4. The van der Waals surface area contributed by atoms with Crippen molar-refractivity contribution >= 4 is 17.4 Å². The van der Waals surface area contributed by atoms with Crippen LogP contribution in [-0.4, -0.2) is 54.6 Å². The fourth-order valence-electron chi connectivity index (χ4n) is 3.84. The third kappa shape index (κ3) is 2.65. The van der Waals surface area contributed by atoms with Crippen LogP contribution in [0, 0.1) is 5.82 Å². The third-order valence-corrected chi connectivity index (χ3v) is 5.42. The van der Waals surface area contributed by atoms with Gasteiger partial charge in [-0.3, -0.25) is 9.69 Å². The lowest BCUT2D eigenvalue weighted by atomic mass is 10.0. The van der Waals surface area contributed by atoms with Crippen LogP contribution in [0.3, 0.4) is 0 Å². The van der Waals surface area contributed by atoms with Crippen LogP contribution < -0.4 is 9.80 Å². The first-order valence-electron chi connectivity index (χ1n) is 9.00. The summed E-state index contributed by atoms with van der Waals surface area (Å²) in [5.74, 6) is 0.582. The Hall–Kier alpha value is -2.47. The highest BCUT2D eigenvalue weighted by Crippen LogP contribution is 2.38. The molecule has 26 heavy (non-hydrogen) atoms. The third-order valence-electron chi connectivity index (χ3n) is 5.42. The largest absolute Gasteiger partial charge is 0.340 e. The zero-order chi connectivity index (χ0) is 18.4. The summed E-state index contributed by atoms with van der Waals surface area (Å²) in [6.45, 7) is 6.68. The van der Waals surface area contributed by atoms with Gasteiger partial charge in [0.25, 0.3) is 5.91 Å².